The molecule has 2 nitrogen and oxygen atoms in total. The summed E-state index contributed by atoms with van der Waals surface area (Å²) in [6, 6.07) is 18.7. The van der Waals surface area contributed by atoms with E-state index >= 15 is 0 Å². The van der Waals surface area contributed by atoms with E-state index in [1.165, 1.54) is 10.5 Å². The monoisotopic (exact) mass is 323 g/mol. The van der Waals surface area contributed by atoms with E-state index in [4.69, 9.17) is 4.74 Å². The Bertz CT molecular complexity index is 504. The van der Waals surface area contributed by atoms with E-state index in [1.807, 2.05) is 25.2 Å². The van der Waals surface area contributed by atoms with Crippen LogP contribution in [0.5, 0.6) is 5.75 Å². The van der Waals surface area contributed by atoms with Crippen molar-refractivity contribution in [2.24, 2.45) is 0 Å². The quantitative estimate of drug-likeness (QED) is 0.755. The maximum Gasteiger partial charge on any atom is 0.125 e. The van der Waals surface area contributed by atoms with Gasteiger partial charge < -0.3 is 10.1 Å². The van der Waals surface area contributed by atoms with Gasteiger partial charge in [-0.2, -0.15) is 0 Å². The zero-order valence-electron chi connectivity index (χ0n) is 12.4. The molecule has 0 radical (unpaired) electrons. The molecule has 2 aromatic carbocycles. The lowest BCUT2D eigenvalue weighted by Crippen LogP contribution is -2.16. The standard InChI is InChI=1S/C17H21NOS.ClH/c1-18-13-12-17(14-6-4-3-5-7-14)19-15-8-10-16(20-2)11-9-15;/h3-11,17-18H,12-13H2,1-2H3;1H. The summed E-state index contributed by atoms with van der Waals surface area (Å²) in [5.41, 5.74) is 1.22. The summed E-state index contributed by atoms with van der Waals surface area (Å²) in [6.45, 7) is 0.933. The van der Waals surface area contributed by atoms with E-state index in [0.717, 1.165) is 18.7 Å². The van der Waals surface area contributed by atoms with Crippen LogP contribution >= 0.6 is 24.2 Å². The Hall–Kier alpha value is -1.16. The molecule has 2 aromatic rings. The van der Waals surface area contributed by atoms with E-state index in [9.17, 15) is 0 Å². The van der Waals surface area contributed by atoms with E-state index in [2.05, 4.69) is 48.0 Å². The van der Waals surface area contributed by atoms with Gasteiger partial charge in [-0.25, -0.2) is 0 Å². The van der Waals surface area contributed by atoms with Crippen LogP contribution in [0.25, 0.3) is 0 Å². The van der Waals surface area contributed by atoms with Gasteiger partial charge >= 0.3 is 0 Å². The lowest BCUT2D eigenvalue weighted by Gasteiger charge is -2.19. The summed E-state index contributed by atoms with van der Waals surface area (Å²) in [6.07, 6.45) is 3.11. The Kier molecular flexibility index (Phi) is 8.28. The van der Waals surface area contributed by atoms with Crippen molar-refractivity contribution < 1.29 is 4.74 Å². The maximum absolute atomic E-state index is 6.15. The molecule has 2 rings (SSSR count). The lowest BCUT2D eigenvalue weighted by molar-refractivity contribution is 0.195. The largest absolute Gasteiger partial charge is 0.486 e. The molecule has 21 heavy (non-hydrogen) atoms. The Morgan fingerprint density at radius 2 is 1.71 bits per heavy atom. The molecule has 0 saturated heterocycles. The minimum atomic E-state index is 0. The third-order valence-electron chi connectivity index (χ3n) is 3.17. The van der Waals surface area contributed by atoms with E-state index in [0.29, 0.717) is 0 Å². The summed E-state index contributed by atoms with van der Waals surface area (Å²) in [4.78, 5) is 1.25. The van der Waals surface area contributed by atoms with Crippen molar-refractivity contribution in [1.29, 1.82) is 0 Å². The second kappa shape index (κ2) is 9.72. The molecular formula is C17H22ClNOS. The summed E-state index contributed by atoms with van der Waals surface area (Å²) in [7, 11) is 1.97. The number of thioether (sulfide) groups is 1. The van der Waals surface area contributed by atoms with Crippen LogP contribution in [0.3, 0.4) is 0 Å². The van der Waals surface area contributed by atoms with Crippen molar-refractivity contribution in [3.05, 3.63) is 60.2 Å². The van der Waals surface area contributed by atoms with Gasteiger partial charge in [-0.05, 0) is 49.7 Å². The molecule has 114 valence electrons. The predicted octanol–water partition coefficient (Wildman–Crippen LogP) is 4.56. The molecule has 0 spiro atoms. The van der Waals surface area contributed by atoms with Crippen molar-refractivity contribution in [1.82, 2.24) is 5.32 Å². The molecule has 0 heterocycles. The number of hydrogen-bond donors (Lipinski definition) is 1. The molecule has 4 heteroatoms. The van der Waals surface area contributed by atoms with Crippen LogP contribution in [0, 0.1) is 0 Å². The first-order chi connectivity index (χ1) is 9.83. The molecule has 0 aliphatic carbocycles. The van der Waals surface area contributed by atoms with Crippen molar-refractivity contribution >= 4 is 24.2 Å². The molecule has 1 N–H and O–H groups in total. The van der Waals surface area contributed by atoms with Crippen LogP contribution in [-0.2, 0) is 0 Å². The third kappa shape index (κ3) is 5.62. The number of nitrogens with one attached hydrogen (secondary N) is 1. The van der Waals surface area contributed by atoms with Gasteiger partial charge in [-0.15, -0.1) is 24.2 Å². The van der Waals surface area contributed by atoms with Gasteiger partial charge in [0.1, 0.15) is 11.9 Å². The molecule has 0 saturated carbocycles. The number of ether oxygens (including phenoxy) is 1. The van der Waals surface area contributed by atoms with Crippen LogP contribution in [0.1, 0.15) is 18.1 Å². The summed E-state index contributed by atoms with van der Waals surface area (Å²) in [5, 5.41) is 3.19. The zero-order valence-corrected chi connectivity index (χ0v) is 14.0. The topological polar surface area (TPSA) is 21.3 Å². The summed E-state index contributed by atoms with van der Waals surface area (Å²) >= 11 is 1.74. The summed E-state index contributed by atoms with van der Waals surface area (Å²) < 4.78 is 6.15. The van der Waals surface area contributed by atoms with Crippen molar-refractivity contribution in [2.75, 3.05) is 19.8 Å². The van der Waals surface area contributed by atoms with Crippen molar-refractivity contribution in [3.8, 4) is 5.75 Å². The van der Waals surface area contributed by atoms with Crippen molar-refractivity contribution in [3.63, 3.8) is 0 Å². The molecule has 0 fully saturated rings. The van der Waals surface area contributed by atoms with Gasteiger partial charge in [0.15, 0.2) is 0 Å². The number of halogens is 1. The van der Waals surface area contributed by atoms with Gasteiger partial charge in [-0.3, -0.25) is 0 Å². The van der Waals surface area contributed by atoms with Gasteiger partial charge in [0.05, 0.1) is 0 Å². The second-order valence-electron chi connectivity index (χ2n) is 4.58. The number of benzene rings is 2. The minimum absolute atomic E-state index is 0. The maximum atomic E-state index is 6.15. The molecular weight excluding hydrogens is 302 g/mol. The first kappa shape index (κ1) is 17.9. The van der Waals surface area contributed by atoms with Gasteiger partial charge in [0.25, 0.3) is 0 Å². The number of rotatable bonds is 7. The minimum Gasteiger partial charge on any atom is -0.486 e. The Balaban J connectivity index is 0.00000220. The molecule has 0 aromatic heterocycles. The molecule has 1 atom stereocenters. The first-order valence-corrected chi connectivity index (χ1v) is 8.06. The Labute approximate surface area is 137 Å². The fourth-order valence-corrected chi connectivity index (χ4v) is 2.46. The lowest BCUT2D eigenvalue weighted by atomic mass is 10.1. The molecule has 0 aliphatic heterocycles. The zero-order chi connectivity index (χ0) is 14.2. The molecule has 1 unspecified atom stereocenters. The van der Waals surface area contributed by atoms with Crippen LogP contribution in [-0.4, -0.2) is 19.8 Å². The van der Waals surface area contributed by atoms with Crippen LogP contribution in [0.2, 0.25) is 0 Å². The summed E-state index contributed by atoms with van der Waals surface area (Å²) in [5.74, 6) is 0.924. The van der Waals surface area contributed by atoms with Crippen LogP contribution in [0.4, 0.5) is 0 Å². The van der Waals surface area contributed by atoms with Gasteiger partial charge in [0.2, 0.25) is 0 Å². The van der Waals surface area contributed by atoms with E-state index in [1.54, 1.807) is 11.8 Å². The highest BCUT2D eigenvalue weighted by molar-refractivity contribution is 7.98. The third-order valence-corrected chi connectivity index (χ3v) is 3.91. The molecule has 0 aliphatic rings. The highest BCUT2D eigenvalue weighted by Gasteiger charge is 2.12. The van der Waals surface area contributed by atoms with Crippen LogP contribution in [0.15, 0.2) is 59.5 Å². The Morgan fingerprint density at radius 1 is 1.05 bits per heavy atom. The molecule has 0 bridgehead atoms. The predicted molar refractivity (Wildman–Crippen MR) is 93.8 cm³/mol. The van der Waals surface area contributed by atoms with Crippen LogP contribution < -0.4 is 10.1 Å². The molecule has 0 amide bonds. The fraction of sp³-hybridized carbons (Fsp3) is 0.294. The highest BCUT2D eigenvalue weighted by atomic mass is 35.5. The number of hydrogen-bond acceptors (Lipinski definition) is 3. The first-order valence-electron chi connectivity index (χ1n) is 6.83. The van der Waals surface area contributed by atoms with Gasteiger partial charge in [0, 0.05) is 11.3 Å². The average Bonchev–Trinajstić information content (AvgIpc) is 2.53. The average molecular weight is 324 g/mol. The van der Waals surface area contributed by atoms with Gasteiger partial charge in [-0.1, -0.05) is 30.3 Å². The second-order valence-corrected chi connectivity index (χ2v) is 5.46. The normalized spacial score (nSPS) is 11.5. The van der Waals surface area contributed by atoms with Crippen molar-refractivity contribution in [2.45, 2.75) is 17.4 Å². The van der Waals surface area contributed by atoms with E-state index < -0.39 is 0 Å². The Morgan fingerprint density at radius 3 is 2.29 bits per heavy atom. The smallest absolute Gasteiger partial charge is 0.125 e. The SMILES string of the molecule is CNCCC(Oc1ccc(SC)cc1)c1ccccc1.Cl. The fourth-order valence-electron chi connectivity index (χ4n) is 2.06. The van der Waals surface area contributed by atoms with E-state index in [-0.39, 0.29) is 18.5 Å². The highest BCUT2D eigenvalue weighted by Crippen LogP contribution is 2.26.